The van der Waals surface area contributed by atoms with Crippen molar-refractivity contribution in [3.63, 3.8) is 0 Å². The Morgan fingerprint density at radius 2 is 2.10 bits per heavy atom. The molecule has 0 bridgehead atoms. The summed E-state index contributed by atoms with van der Waals surface area (Å²) in [5.74, 6) is 0.958. The summed E-state index contributed by atoms with van der Waals surface area (Å²) in [4.78, 5) is 25.1. The van der Waals surface area contributed by atoms with Crippen molar-refractivity contribution in [2.24, 2.45) is 7.05 Å². The largest absolute Gasteiger partial charge is 0.342 e. The van der Waals surface area contributed by atoms with E-state index in [9.17, 15) is 4.79 Å². The third kappa shape index (κ3) is 2.03. The van der Waals surface area contributed by atoms with Crippen LogP contribution in [0.5, 0.6) is 0 Å². The van der Waals surface area contributed by atoms with Gasteiger partial charge in [0.1, 0.15) is 18.2 Å². The normalized spacial score (nSPS) is 19.6. The Morgan fingerprint density at radius 1 is 1.33 bits per heavy atom. The molecule has 7 heteroatoms. The molecular weight excluding hydrogens is 268 g/mol. The van der Waals surface area contributed by atoms with Crippen molar-refractivity contribution in [2.75, 3.05) is 24.5 Å². The second-order valence-electron chi connectivity index (χ2n) is 5.39. The molecule has 1 amide bonds. The molecule has 7 nitrogen and oxygen atoms in total. The number of likely N-dealkylation sites (N-methyl/N-ethyl adjacent to an activating group) is 1. The number of carbonyl (C=O) groups excluding carboxylic acids is 1. The number of amides is 1. The van der Waals surface area contributed by atoms with Crippen LogP contribution in [0.2, 0.25) is 0 Å². The van der Waals surface area contributed by atoms with E-state index in [1.165, 1.54) is 0 Å². The minimum absolute atomic E-state index is 0.150. The molecule has 2 aromatic rings. The molecular formula is C14H20N6O. The summed E-state index contributed by atoms with van der Waals surface area (Å²) in [6.07, 6.45) is 1.54. The zero-order chi connectivity index (χ0) is 15.1. The molecule has 3 rings (SSSR count). The van der Waals surface area contributed by atoms with Crippen LogP contribution >= 0.6 is 0 Å². The van der Waals surface area contributed by atoms with Crippen LogP contribution in [0, 0.1) is 6.92 Å². The maximum absolute atomic E-state index is 12.4. The Bertz CT molecular complexity index is 694. The van der Waals surface area contributed by atoms with Gasteiger partial charge in [-0.2, -0.15) is 5.10 Å². The van der Waals surface area contributed by atoms with Gasteiger partial charge in [0.25, 0.3) is 0 Å². The van der Waals surface area contributed by atoms with Gasteiger partial charge in [-0.1, -0.05) is 0 Å². The van der Waals surface area contributed by atoms with Gasteiger partial charge >= 0.3 is 0 Å². The van der Waals surface area contributed by atoms with E-state index in [0.29, 0.717) is 0 Å². The van der Waals surface area contributed by atoms with Crippen molar-refractivity contribution in [2.45, 2.75) is 26.8 Å². The summed E-state index contributed by atoms with van der Waals surface area (Å²) < 4.78 is 1.75. The lowest BCUT2D eigenvalue weighted by atomic mass is 10.1. The van der Waals surface area contributed by atoms with Gasteiger partial charge in [-0.3, -0.25) is 9.48 Å². The number of rotatable bonds is 2. The standard InChI is InChI=1S/C14H20N6O/c1-5-19-6-7-20(10(3)14(19)21)13-11-9(2)17-18(4)12(11)15-8-16-13/h8,10H,5-7H2,1-4H3/t10-/m0/s1. The molecule has 3 heterocycles. The van der Waals surface area contributed by atoms with E-state index in [4.69, 9.17) is 0 Å². The second kappa shape index (κ2) is 4.98. The van der Waals surface area contributed by atoms with Crippen LogP contribution in [0.25, 0.3) is 11.0 Å². The average molecular weight is 288 g/mol. The lowest BCUT2D eigenvalue weighted by Gasteiger charge is -2.39. The first-order valence-corrected chi connectivity index (χ1v) is 7.24. The summed E-state index contributed by atoms with van der Waals surface area (Å²) in [6.45, 7) is 8.15. The number of aromatic nitrogens is 4. The summed E-state index contributed by atoms with van der Waals surface area (Å²) in [6, 6.07) is -0.212. The maximum atomic E-state index is 12.4. The fourth-order valence-electron chi connectivity index (χ4n) is 3.01. The fraction of sp³-hybridized carbons (Fsp3) is 0.571. The van der Waals surface area contributed by atoms with Gasteiger partial charge in [-0.25, -0.2) is 9.97 Å². The van der Waals surface area contributed by atoms with Crippen molar-refractivity contribution < 1.29 is 4.79 Å². The minimum Gasteiger partial charge on any atom is -0.342 e. The van der Waals surface area contributed by atoms with Crippen molar-refractivity contribution in [1.82, 2.24) is 24.6 Å². The van der Waals surface area contributed by atoms with Crippen molar-refractivity contribution in [3.05, 3.63) is 12.0 Å². The molecule has 1 saturated heterocycles. The summed E-state index contributed by atoms with van der Waals surface area (Å²) in [5, 5.41) is 5.35. The van der Waals surface area contributed by atoms with Crippen LogP contribution in [-0.2, 0) is 11.8 Å². The van der Waals surface area contributed by atoms with Gasteiger partial charge < -0.3 is 9.80 Å². The van der Waals surface area contributed by atoms with E-state index >= 15 is 0 Å². The Balaban J connectivity index is 2.07. The molecule has 2 aromatic heterocycles. The summed E-state index contributed by atoms with van der Waals surface area (Å²) >= 11 is 0. The lowest BCUT2D eigenvalue weighted by molar-refractivity contribution is -0.133. The third-order valence-electron chi connectivity index (χ3n) is 4.18. The number of hydrogen-bond acceptors (Lipinski definition) is 5. The molecule has 0 spiro atoms. The SMILES string of the molecule is CCN1CCN(c2ncnc3c2c(C)nn3C)[C@@H](C)C1=O. The molecule has 0 saturated carbocycles. The molecule has 0 unspecified atom stereocenters. The number of hydrogen-bond donors (Lipinski definition) is 0. The van der Waals surface area contributed by atoms with Gasteiger partial charge in [-0.05, 0) is 20.8 Å². The van der Waals surface area contributed by atoms with E-state index < -0.39 is 0 Å². The molecule has 0 aromatic carbocycles. The topological polar surface area (TPSA) is 67.2 Å². The van der Waals surface area contributed by atoms with Crippen molar-refractivity contribution >= 4 is 22.8 Å². The predicted molar refractivity (Wildman–Crippen MR) is 80.1 cm³/mol. The molecule has 0 radical (unpaired) electrons. The van der Waals surface area contributed by atoms with Gasteiger partial charge in [-0.15, -0.1) is 0 Å². The Hall–Kier alpha value is -2.18. The van der Waals surface area contributed by atoms with Gasteiger partial charge in [0.2, 0.25) is 5.91 Å². The van der Waals surface area contributed by atoms with Crippen LogP contribution in [0.4, 0.5) is 5.82 Å². The smallest absolute Gasteiger partial charge is 0.245 e. The number of anilines is 1. The number of carbonyl (C=O) groups is 1. The number of aryl methyl sites for hydroxylation is 2. The Labute approximate surface area is 123 Å². The summed E-state index contributed by atoms with van der Waals surface area (Å²) in [7, 11) is 1.87. The molecule has 112 valence electrons. The first-order chi connectivity index (χ1) is 10.0. The monoisotopic (exact) mass is 288 g/mol. The molecule has 0 N–H and O–H groups in total. The van der Waals surface area contributed by atoms with E-state index in [2.05, 4.69) is 20.0 Å². The molecule has 1 fully saturated rings. The molecule has 1 aliphatic heterocycles. The highest BCUT2D eigenvalue weighted by molar-refractivity contribution is 5.93. The van der Waals surface area contributed by atoms with Crippen molar-refractivity contribution in [3.8, 4) is 0 Å². The van der Waals surface area contributed by atoms with E-state index in [1.54, 1.807) is 11.0 Å². The van der Waals surface area contributed by atoms with E-state index in [0.717, 1.165) is 42.2 Å². The number of piperazine rings is 1. The van der Waals surface area contributed by atoms with E-state index in [1.807, 2.05) is 32.7 Å². The number of nitrogens with zero attached hydrogens (tertiary/aromatic N) is 6. The highest BCUT2D eigenvalue weighted by Crippen LogP contribution is 2.28. The zero-order valence-corrected chi connectivity index (χ0v) is 12.9. The quantitative estimate of drug-likeness (QED) is 0.815. The lowest BCUT2D eigenvalue weighted by Crippen LogP contribution is -2.56. The third-order valence-corrected chi connectivity index (χ3v) is 4.18. The molecule has 1 atom stereocenters. The average Bonchev–Trinajstić information content (AvgIpc) is 2.77. The van der Waals surface area contributed by atoms with Crippen LogP contribution in [0.1, 0.15) is 19.5 Å². The fourth-order valence-corrected chi connectivity index (χ4v) is 3.01. The molecule has 0 aliphatic carbocycles. The highest BCUT2D eigenvalue weighted by Gasteiger charge is 2.33. The van der Waals surface area contributed by atoms with Crippen molar-refractivity contribution in [1.29, 1.82) is 0 Å². The number of fused-ring (bicyclic) bond motifs is 1. The first-order valence-electron chi connectivity index (χ1n) is 7.24. The minimum atomic E-state index is -0.212. The van der Waals surface area contributed by atoms with Gasteiger partial charge in [0, 0.05) is 26.7 Å². The Kier molecular flexibility index (Phi) is 3.27. The molecule has 1 aliphatic rings. The highest BCUT2D eigenvalue weighted by atomic mass is 16.2. The second-order valence-corrected chi connectivity index (χ2v) is 5.39. The maximum Gasteiger partial charge on any atom is 0.245 e. The Morgan fingerprint density at radius 3 is 2.81 bits per heavy atom. The zero-order valence-electron chi connectivity index (χ0n) is 12.9. The van der Waals surface area contributed by atoms with Crippen LogP contribution < -0.4 is 4.90 Å². The first kappa shape index (κ1) is 13.8. The van der Waals surface area contributed by atoms with Gasteiger partial charge in [0.05, 0.1) is 11.1 Å². The molecule has 21 heavy (non-hydrogen) atoms. The van der Waals surface area contributed by atoms with E-state index in [-0.39, 0.29) is 11.9 Å². The van der Waals surface area contributed by atoms with Crippen LogP contribution in [0.3, 0.4) is 0 Å². The predicted octanol–water partition coefficient (Wildman–Crippen LogP) is 0.729. The van der Waals surface area contributed by atoms with Crippen LogP contribution in [0.15, 0.2) is 6.33 Å². The van der Waals surface area contributed by atoms with Crippen LogP contribution in [-0.4, -0.2) is 56.2 Å². The summed E-state index contributed by atoms with van der Waals surface area (Å²) in [5.41, 5.74) is 1.69. The van der Waals surface area contributed by atoms with Gasteiger partial charge in [0.15, 0.2) is 5.65 Å².